The average molecular weight is 274 g/mol. The van der Waals surface area contributed by atoms with E-state index in [1.54, 1.807) is 0 Å². The third-order valence-corrected chi connectivity index (χ3v) is 3.93. The van der Waals surface area contributed by atoms with E-state index < -0.39 is 0 Å². The van der Waals surface area contributed by atoms with Crippen LogP contribution in [0.25, 0.3) is 0 Å². The van der Waals surface area contributed by atoms with Crippen LogP contribution >= 0.6 is 31.9 Å². The maximum Gasteiger partial charge on any atom is 0.146 e. The molecule has 0 unspecified atom stereocenters. The number of hydrogen-bond acceptors (Lipinski definition) is 2. The van der Waals surface area contributed by atoms with E-state index in [-0.39, 0.29) is 5.41 Å². The highest BCUT2D eigenvalue weighted by Gasteiger charge is 2.31. The van der Waals surface area contributed by atoms with Crippen molar-refractivity contribution >= 4 is 31.9 Å². The molecule has 1 heterocycles. The summed E-state index contributed by atoms with van der Waals surface area (Å²) in [6.07, 6.45) is 0. The molecule has 60 valence electrons. The fourth-order valence-electron chi connectivity index (χ4n) is 0.807. The van der Waals surface area contributed by atoms with Gasteiger partial charge in [-0.3, -0.25) is 0 Å². The van der Waals surface area contributed by atoms with Crippen molar-refractivity contribution in [3.63, 3.8) is 0 Å². The molecule has 1 rings (SSSR count). The summed E-state index contributed by atoms with van der Waals surface area (Å²) in [4.78, 5) is 0. The van der Waals surface area contributed by atoms with Gasteiger partial charge in [-0.05, 0) is 0 Å². The van der Waals surface area contributed by atoms with E-state index in [0.717, 1.165) is 23.9 Å². The van der Waals surface area contributed by atoms with Gasteiger partial charge in [0.2, 0.25) is 0 Å². The second-order valence-electron chi connectivity index (χ2n) is 2.58. The summed E-state index contributed by atoms with van der Waals surface area (Å²) in [5.41, 5.74) is 0.151. The van der Waals surface area contributed by atoms with Crippen LogP contribution in [-0.2, 0) is 9.47 Å². The Kier molecular flexibility index (Phi) is 3.63. The molecule has 2 nitrogen and oxygen atoms in total. The number of halogens is 2. The average Bonchev–Trinajstić information content (AvgIpc) is 2.06. The standard InChI is InChI=1S/C6H10Br2O2/c7-1-6(2-8)3-9-5-10-4-6/h1-5H2. The van der Waals surface area contributed by atoms with Crippen molar-refractivity contribution in [2.24, 2.45) is 5.41 Å². The first-order valence-electron chi connectivity index (χ1n) is 3.10. The van der Waals surface area contributed by atoms with Crippen molar-refractivity contribution in [2.75, 3.05) is 30.7 Å². The number of rotatable bonds is 2. The topological polar surface area (TPSA) is 18.5 Å². The molecule has 0 aromatic carbocycles. The van der Waals surface area contributed by atoms with Gasteiger partial charge in [-0.2, -0.15) is 0 Å². The highest BCUT2D eigenvalue weighted by Crippen LogP contribution is 2.26. The van der Waals surface area contributed by atoms with E-state index in [0.29, 0.717) is 6.79 Å². The summed E-state index contributed by atoms with van der Waals surface area (Å²) in [6, 6.07) is 0. The van der Waals surface area contributed by atoms with Crippen LogP contribution in [0.3, 0.4) is 0 Å². The van der Waals surface area contributed by atoms with Gasteiger partial charge < -0.3 is 9.47 Å². The van der Waals surface area contributed by atoms with E-state index in [4.69, 9.17) is 9.47 Å². The van der Waals surface area contributed by atoms with Gasteiger partial charge in [-0.1, -0.05) is 31.9 Å². The first-order valence-corrected chi connectivity index (χ1v) is 5.35. The Morgan fingerprint density at radius 1 is 1.10 bits per heavy atom. The molecule has 0 bridgehead atoms. The lowest BCUT2D eigenvalue weighted by molar-refractivity contribution is -0.149. The summed E-state index contributed by atoms with van der Waals surface area (Å²) in [7, 11) is 0. The Hall–Kier alpha value is 0.880. The predicted octanol–water partition coefficient (Wildman–Crippen LogP) is 1.77. The summed E-state index contributed by atoms with van der Waals surface area (Å²) in [6.45, 7) is 2.01. The molecule has 1 aliphatic heterocycles. The molecule has 1 saturated heterocycles. The molecule has 0 aliphatic carbocycles. The Bertz CT molecular complexity index is 95.9. The van der Waals surface area contributed by atoms with E-state index in [9.17, 15) is 0 Å². The lowest BCUT2D eigenvalue weighted by Crippen LogP contribution is -2.40. The van der Waals surface area contributed by atoms with Crippen molar-refractivity contribution in [1.29, 1.82) is 0 Å². The molecule has 1 fully saturated rings. The molecule has 0 spiro atoms. The largest absolute Gasteiger partial charge is 0.355 e. The molecule has 0 saturated carbocycles. The van der Waals surface area contributed by atoms with Crippen LogP contribution in [0.15, 0.2) is 0 Å². The molecular weight excluding hydrogens is 264 g/mol. The minimum absolute atomic E-state index is 0.151. The van der Waals surface area contributed by atoms with Crippen LogP contribution in [0.5, 0.6) is 0 Å². The third kappa shape index (κ3) is 1.94. The molecule has 0 radical (unpaired) electrons. The first-order chi connectivity index (χ1) is 4.83. The molecule has 0 amide bonds. The van der Waals surface area contributed by atoms with Crippen LogP contribution < -0.4 is 0 Å². The van der Waals surface area contributed by atoms with Gasteiger partial charge in [-0.25, -0.2) is 0 Å². The predicted molar refractivity (Wildman–Crippen MR) is 46.8 cm³/mol. The van der Waals surface area contributed by atoms with Crippen molar-refractivity contribution in [2.45, 2.75) is 0 Å². The van der Waals surface area contributed by atoms with Crippen LogP contribution in [0.2, 0.25) is 0 Å². The van der Waals surface area contributed by atoms with Gasteiger partial charge in [0.25, 0.3) is 0 Å². The van der Waals surface area contributed by atoms with Gasteiger partial charge in [0, 0.05) is 16.1 Å². The van der Waals surface area contributed by atoms with Gasteiger partial charge in [0.15, 0.2) is 0 Å². The smallest absolute Gasteiger partial charge is 0.146 e. The van der Waals surface area contributed by atoms with E-state index in [1.165, 1.54) is 0 Å². The van der Waals surface area contributed by atoms with E-state index in [2.05, 4.69) is 31.9 Å². The first kappa shape index (κ1) is 8.97. The highest BCUT2D eigenvalue weighted by atomic mass is 79.9. The summed E-state index contributed by atoms with van der Waals surface area (Å²) >= 11 is 6.88. The minimum Gasteiger partial charge on any atom is -0.355 e. The fraction of sp³-hybridized carbons (Fsp3) is 1.00. The van der Waals surface area contributed by atoms with Gasteiger partial charge in [0.05, 0.1) is 13.2 Å². The summed E-state index contributed by atoms with van der Waals surface area (Å²) in [5.74, 6) is 0. The van der Waals surface area contributed by atoms with Crippen molar-refractivity contribution in [1.82, 2.24) is 0 Å². The van der Waals surface area contributed by atoms with E-state index >= 15 is 0 Å². The van der Waals surface area contributed by atoms with Crippen molar-refractivity contribution in [3.8, 4) is 0 Å². The zero-order valence-electron chi connectivity index (χ0n) is 5.61. The molecule has 4 heteroatoms. The van der Waals surface area contributed by atoms with Crippen molar-refractivity contribution < 1.29 is 9.47 Å². The molecule has 1 aliphatic rings. The van der Waals surface area contributed by atoms with Crippen LogP contribution in [-0.4, -0.2) is 30.7 Å². The Morgan fingerprint density at radius 2 is 1.60 bits per heavy atom. The van der Waals surface area contributed by atoms with Gasteiger partial charge in [-0.15, -0.1) is 0 Å². The van der Waals surface area contributed by atoms with Gasteiger partial charge >= 0.3 is 0 Å². The number of alkyl halides is 2. The minimum atomic E-state index is 0.151. The van der Waals surface area contributed by atoms with Crippen LogP contribution in [0.4, 0.5) is 0 Å². The maximum atomic E-state index is 5.18. The fourth-order valence-corrected chi connectivity index (χ4v) is 2.38. The Balaban J connectivity index is 2.44. The molecule has 0 N–H and O–H groups in total. The van der Waals surface area contributed by atoms with E-state index in [1.807, 2.05) is 0 Å². The quantitative estimate of drug-likeness (QED) is 0.714. The molecular formula is C6H10Br2O2. The van der Waals surface area contributed by atoms with Crippen LogP contribution in [0, 0.1) is 5.41 Å². The van der Waals surface area contributed by atoms with Crippen molar-refractivity contribution in [3.05, 3.63) is 0 Å². The Labute approximate surface area is 77.5 Å². The van der Waals surface area contributed by atoms with Crippen LogP contribution in [0.1, 0.15) is 0 Å². The maximum absolute atomic E-state index is 5.18. The molecule has 0 aromatic heterocycles. The lowest BCUT2D eigenvalue weighted by Gasteiger charge is -2.33. The highest BCUT2D eigenvalue weighted by molar-refractivity contribution is 9.09. The Morgan fingerprint density at radius 3 is 1.90 bits per heavy atom. The molecule has 0 aromatic rings. The third-order valence-electron chi connectivity index (χ3n) is 1.55. The zero-order chi connectivity index (χ0) is 7.45. The zero-order valence-corrected chi connectivity index (χ0v) is 8.78. The lowest BCUT2D eigenvalue weighted by atomic mass is 9.96. The number of hydrogen-bond donors (Lipinski definition) is 0. The number of ether oxygens (including phenoxy) is 2. The van der Waals surface area contributed by atoms with Gasteiger partial charge in [0.1, 0.15) is 6.79 Å². The molecule has 10 heavy (non-hydrogen) atoms. The SMILES string of the molecule is BrCC1(CBr)COCOC1. The monoisotopic (exact) mass is 272 g/mol. The summed E-state index contributed by atoms with van der Waals surface area (Å²) < 4.78 is 10.4. The second-order valence-corrected chi connectivity index (χ2v) is 3.70. The normalized spacial score (nSPS) is 24.6. The molecule has 0 atom stereocenters. The summed E-state index contributed by atoms with van der Waals surface area (Å²) in [5, 5.41) is 1.84. The second kappa shape index (κ2) is 4.04.